The quantitative estimate of drug-likeness (QED) is 0.356. The molecule has 5 atom stereocenters. The highest BCUT2D eigenvalue weighted by molar-refractivity contribution is 7.86. The van der Waals surface area contributed by atoms with Crippen LogP contribution in [0.15, 0.2) is 12.2 Å². The van der Waals surface area contributed by atoms with Crippen LogP contribution >= 0.6 is 0 Å². The summed E-state index contributed by atoms with van der Waals surface area (Å²) in [5.74, 6) is -1.75. The maximum atomic E-state index is 13.0. The van der Waals surface area contributed by atoms with E-state index < -0.39 is 64.9 Å². The number of carbonyl (C=O) groups is 2. The second-order valence-corrected chi connectivity index (χ2v) is 7.51. The van der Waals surface area contributed by atoms with Crippen molar-refractivity contribution in [2.24, 2.45) is 5.92 Å². The Bertz CT molecular complexity index is 719. The Labute approximate surface area is 140 Å². The Morgan fingerprint density at radius 3 is 2.72 bits per heavy atom. The summed E-state index contributed by atoms with van der Waals surface area (Å²) < 4.78 is 75.3. The van der Waals surface area contributed by atoms with Gasteiger partial charge in [0.2, 0.25) is 0 Å². The van der Waals surface area contributed by atoms with Gasteiger partial charge in [0.25, 0.3) is 0 Å². The molecule has 0 radical (unpaired) electrons. The smallest absolute Gasteiger partial charge is 0.392 e. The maximum Gasteiger partial charge on any atom is 0.392 e. The molecular weight excluding hydrogens is 370 g/mol. The molecule has 3 rings (SSSR count). The van der Waals surface area contributed by atoms with E-state index in [1.54, 1.807) is 0 Å². The molecular formula is C13H14F2O9S. The number of hydrogen-bond donors (Lipinski definition) is 1. The summed E-state index contributed by atoms with van der Waals surface area (Å²) in [7, 11) is -5.63. The number of ether oxygens (including phenoxy) is 4. The van der Waals surface area contributed by atoms with E-state index in [2.05, 4.69) is 11.3 Å². The molecule has 0 amide bonds. The van der Waals surface area contributed by atoms with E-state index in [4.69, 9.17) is 18.8 Å². The summed E-state index contributed by atoms with van der Waals surface area (Å²) in [5.41, 5.74) is -0.352. The highest BCUT2D eigenvalue weighted by Gasteiger charge is 2.65. The Balaban J connectivity index is 1.49. The molecule has 12 heteroatoms. The molecule has 3 fully saturated rings. The van der Waals surface area contributed by atoms with Crippen LogP contribution in [0.25, 0.3) is 0 Å². The van der Waals surface area contributed by atoms with Crippen LogP contribution in [0.1, 0.15) is 6.42 Å². The van der Waals surface area contributed by atoms with E-state index in [9.17, 15) is 26.8 Å². The third-order valence-corrected chi connectivity index (χ3v) is 5.11. The van der Waals surface area contributed by atoms with E-state index in [0.29, 0.717) is 6.42 Å². The fourth-order valence-corrected chi connectivity index (χ4v) is 3.25. The first-order valence-corrected chi connectivity index (χ1v) is 8.62. The lowest BCUT2D eigenvalue weighted by Crippen LogP contribution is -2.40. The zero-order valence-electron chi connectivity index (χ0n) is 12.6. The lowest BCUT2D eigenvalue weighted by atomic mass is 9.88. The van der Waals surface area contributed by atoms with Gasteiger partial charge in [0.1, 0.15) is 12.7 Å². The fraction of sp³-hybridized carbons (Fsp3) is 0.692. The summed E-state index contributed by atoms with van der Waals surface area (Å²) >= 11 is 0. The van der Waals surface area contributed by atoms with Gasteiger partial charge in [-0.2, -0.15) is 17.2 Å². The third-order valence-electron chi connectivity index (χ3n) is 4.24. The van der Waals surface area contributed by atoms with E-state index >= 15 is 0 Å². The number of rotatable bonds is 7. The molecule has 25 heavy (non-hydrogen) atoms. The number of hydrogen-bond acceptors (Lipinski definition) is 8. The zero-order valence-corrected chi connectivity index (χ0v) is 13.4. The van der Waals surface area contributed by atoms with Crippen molar-refractivity contribution < 1.29 is 50.3 Å². The van der Waals surface area contributed by atoms with Gasteiger partial charge in [-0.1, -0.05) is 6.58 Å². The molecule has 3 heterocycles. The van der Waals surface area contributed by atoms with Crippen molar-refractivity contribution in [2.45, 2.75) is 36.1 Å². The molecule has 1 N–H and O–H groups in total. The summed E-state index contributed by atoms with van der Waals surface area (Å²) in [4.78, 5) is 23.5. The van der Waals surface area contributed by atoms with E-state index in [-0.39, 0.29) is 11.5 Å². The van der Waals surface area contributed by atoms with Crippen molar-refractivity contribution in [3.05, 3.63) is 12.2 Å². The van der Waals surface area contributed by atoms with Gasteiger partial charge in [0.05, 0.1) is 24.2 Å². The molecule has 0 aliphatic carbocycles. The number of carbonyl (C=O) groups excluding carboxylic acids is 2. The van der Waals surface area contributed by atoms with Gasteiger partial charge >= 0.3 is 27.3 Å². The summed E-state index contributed by atoms with van der Waals surface area (Å²) in [6.07, 6.45) is -2.13. The minimum absolute atomic E-state index is 0.352. The molecule has 3 aliphatic rings. The van der Waals surface area contributed by atoms with Crippen molar-refractivity contribution in [1.29, 1.82) is 0 Å². The molecule has 0 aromatic heterocycles. The Morgan fingerprint density at radius 2 is 2.08 bits per heavy atom. The monoisotopic (exact) mass is 384 g/mol. The van der Waals surface area contributed by atoms with Crippen LogP contribution in [0.5, 0.6) is 0 Å². The van der Waals surface area contributed by atoms with Gasteiger partial charge < -0.3 is 18.9 Å². The predicted octanol–water partition coefficient (Wildman–Crippen LogP) is -0.336. The van der Waals surface area contributed by atoms with Crippen molar-refractivity contribution in [2.75, 3.05) is 13.2 Å². The maximum absolute atomic E-state index is 13.0. The van der Waals surface area contributed by atoms with Crippen LogP contribution in [0, 0.1) is 5.92 Å². The number of halogens is 2. The van der Waals surface area contributed by atoms with Gasteiger partial charge in [-0.3, -0.25) is 9.35 Å². The van der Waals surface area contributed by atoms with Crippen LogP contribution in [0.4, 0.5) is 8.78 Å². The van der Waals surface area contributed by atoms with E-state index in [1.165, 1.54) is 0 Å². The van der Waals surface area contributed by atoms with Crippen molar-refractivity contribution >= 4 is 22.1 Å². The first-order valence-electron chi connectivity index (χ1n) is 7.18. The van der Waals surface area contributed by atoms with Crippen LogP contribution in [-0.4, -0.2) is 67.8 Å². The number of alkyl halides is 2. The second kappa shape index (κ2) is 5.97. The Morgan fingerprint density at radius 1 is 1.40 bits per heavy atom. The molecule has 3 aliphatic heterocycles. The normalized spacial score (nSPS) is 33.4. The van der Waals surface area contributed by atoms with Crippen LogP contribution in [-0.2, 0) is 38.7 Å². The Hall–Kier alpha value is -1.63. The van der Waals surface area contributed by atoms with Crippen LogP contribution in [0.2, 0.25) is 0 Å². The second-order valence-electron chi connectivity index (χ2n) is 5.96. The third kappa shape index (κ3) is 3.14. The molecule has 140 valence electrons. The van der Waals surface area contributed by atoms with E-state index in [0.717, 1.165) is 0 Å². The van der Waals surface area contributed by atoms with E-state index in [1.807, 2.05) is 0 Å². The molecule has 9 nitrogen and oxygen atoms in total. The first kappa shape index (κ1) is 18.2. The van der Waals surface area contributed by atoms with Crippen LogP contribution < -0.4 is 0 Å². The lowest BCUT2D eigenvalue weighted by molar-refractivity contribution is -0.157. The average Bonchev–Trinajstić information content (AvgIpc) is 3.10. The minimum atomic E-state index is -5.63. The Kier molecular flexibility index (Phi) is 4.34. The molecule has 3 saturated heterocycles. The lowest BCUT2D eigenvalue weighted by Gasteiger charge is -2.22. The standard InChI is InChI=1S/C13H14F2O9S/c1-5(3-21-4-13(14,15)25(18,19)20)11(16)23-9-7-2-6-8(22-7)10(9)24-12(6)17/h6-10H,1-4H2,(H,18,19,20). The molecule has 5 unspecified atom stereocenters. The minimum Gasteiger partial charge on any atom is -0.455 e. The van der Waals surface area contributed by atoms with Crippen molar-refractivity contribution in [3.63, 3.8) is 0 Å². The SMILES string of the molecule is C=C(COCC(F)(F)S(=O)(=O)O)C(=O)OC1C2CC3C(=O)OC1C3O2. The highest BCUT2D eigenvalue weighted by atomic mass is 32.2. The number of esters is 2. The summed E-state index contributed by atoms with van der Waals surface area (Å²) in [6, 6.07) is 0. The molecule has 0 spiro atoms. The molecule has 0 aromatic rings. The molecule has 2 bridgehead atoms. The number of fused-ring (bicyclic) bond motifs is 1. The highest BCUT2D eigenvalue weighted by Crippen LogP contribution is 2.47. The van der Waals surface area contributed by atoms with Gasteiger partial charge in [0.15, 0.2) is 12.2 Å². The van der Waals surface area contributed by atoms with Gasteiger partial charge in [-0.05, 0) is 6.42 Å². The molecule has 0 saturated carbocycles. The fourth-order valence-electron chi connectivity index (χ4n) is 3.02. The zero-order chi connectivity index (χ0) is 18.6. The van der Waals surface area contributed by atoms with Crippen LogP contribution in [0.3, 0.4) is 0 Å². The van der Waals surface area contributed by atoms with Crippen molar-refractivity contribution in [3.8, 4) is 0 Å². The first-order chi connectivity index (χ1) is 11.5. The van der Waals surface area contributed by atoms with Crippen molar-refractivity contribution in [1.82, 2.24) is 0 Å². The average molecular weight is 384 g/mol. The largest absolute Gasteiger partial charge is 0.455 e. The topological polar surface area (TPSA) is 125 Å². The summed E-state index contributed by atoms with van der Waals surface area (Å²) in [5, 5.41) is -4.51. The predicted molar refractivity (Wildman–Crippen MR) is 73.0 cm³/mol. The molecule has 0 aromatic carbocycles. The van der Waals surface area contributed by atoms with Gasteiger partial charge in [0, 0.05) is 0 Å². The van der Waals surface area contributed by atoms with Gasteiger partial charge in [-0.15, -0.1) is 0 Å². The van der Waals surface area contributed by atoms with Gasteiger partial charge in [-0.25, -0.2) is 4.79 Å². The summed E-state index contributed by atoms with van der Waals surface area (Å²) in [6.45, 7) is 0.919.